The highest BCUT2D eigenvalue weighted by Crippen LogP contribution is 2.43. The van der Waals surface area contributed by atoms with Gasteiger partial charge in [-0.25, -0.2) is 9.69 Å². The minimum Gasteiger partial charge on any atom is -0.486 e. The van der Waals surface area contributed by atoms with Gasteiger partial charge in [-0.1, -0.05) is 0 Å². The van der Waals surface area contributed by atoms with Gasteiger partial charge in [0.15, 0.2) is 0 Å². The van der Waals surface area contributed by atoms with Crippen molar-refractivity contribution in [3.8, 4) is 11.8 Å². The van der Waals surface area contributed by atoms with Crippen molar-refractivity contribution in [2.75, 3.05) is 11.4 Å². The minimum atomic E-state index is -0.828. The van der Waals surface area contributed by atoms with E-state index >= 15 is 0 Å². The second-order valence-corrected chi connectivity index (χ2v) is 7.36. The van der Waals surface area contributed by atoms with Crippen molar-refractivity contribution in [1.82, 2.24) is 4.90 Å². The van der Waals surface area contributed by atoms with Crippen molar-refractivity contribution in [2.45, 2.75) is 50.9 Å². The highest BCUT2D eigenvalue weighted by molar-refractivity contribution is 6.22. The number of aliphatic hydroxyl groups is 1. The number of hydrogen-bond acceptors (Lipinski definition) is 5. The lowest BCUT2D eigenvalue weighted by atomic mass is 9.91. The normalized spacial score (nSPS) is 27.0. The zero-order valence-electron chi connectivity index (χ0n) is 14.2. The average Bonchev–Trinajstić information content (AvgIpc) is 3.06. The van der Waals surface area contributed by atoms with E-state index in [0.29, 0.717) is 48.4 Å². The van der Waals surface area contributed by atoms with Gasteiger partial charge in [-0.2, -0.15) is 5.26 Å². The molecule has 7 nitrogen and oxygen atoms in total. The standard InChI is InChI=1S/C18H19N3O4/c1-18(2)7-5-11-12(4-3-10(9-19)15(11)25-18)21-16(23)14-13(22)6-8-20(14)17(21)24/h3-4,13-14,22H,5-8H2,1-2H3. The number of benzene rings is 1. The molecule has 4 rings (SSSR count). The molecule has 0 aromatic heterocycles. The van der Waals surface area contributed by atoms with E-state index in [9.17, 15) is 20.0 Å². The van der Waals surface area contributed by atoms with E-state index < -0.39 is 29.7 Å². The molecule has 2 atom stereocenters. The summed E-state index contributed by atoms with van der Waals surface area (Å²) in [6.45, 7) is 4.26. The van der Waals surface area contributed by atoms with Crippen LogP contribution in [0.4, 0.5) is 10.5 Å². The van der Waals surface area contributed by atoms with Crippen LogP contribution < -0.4 is 9.64 Å². The minimum absolute atomic E-state index is 0.370. The number of carbonyl (C=O) groups excluding carboxylic acids is 2. The number of imide groups is 1. The van der Waals surface area contributed by atoms with Gasteiger partial charge in [-0.15, -0.1) is 0 Å². The zero-order valence-corrected chi connectivity index (χ0v) is 14.2. The van der Waals surface area contributed by atoms with Crippen LogP contribution in [0.2, 0.25) is 0 Å². The SMILES string of the molecule is CC1(C)CCc2c(N3C(=O)C4C(O)CCN4C3=O)ccc(C#N)c2O1. The average molecular weight is 341 g/mol. The van der Waals surface area contributed by atoms with Crippen molar-refractivity contribution < 1.29 is 19.4 Å². The number of aliphatic hydroxyl groups excluding tert-OH is 1. The molecular weight excluding hydrogens is 322 g/mol. The third-order valence-corrected chi connectivity index (χ3v) is 5.23. The Kier molecular flexibility index (Phi) is 3.31. The van der Waals surface area contributed by atoms with Gasteiger partial charge in [0, 0.05) is 12.1 Å². The van der Waals surface area contributed by atoms with Crippen LogP contribution in [-0.4, -0.2) is 46.2 Å². The van der Waals surface area contributed by atoms with Gasteiger partial charge in [0.25, 0.3) is 5.91 Å². The second-order valence-electron chi connectivity index (χ2n) is 7.36. The topological polar surface area (TPSA) is 93.9 Å². The van der Waals surface area contributed by atoms with Crippen molar-refractivity contribution in [3.05, 3.63) is 23.3 Å². The highest BCUT2D eigenvalue weighted by atomic mass is 16.5. The smallest absolute Gasteiger partial charge is 0.332 e. The molecule has 2 saturated heterocycles. The lowest BCUT2D eigenvalue weighted by molar-refractivity contribution is -0.121. The van der Waals surface area contributed by atoms with E-state index in [2.05, 4.69) is 6.07 Å². The van der Waals surface area contributed by atoms with Crippen molar-refractivity contribution in [3.63, 3.8) is 0 Å². The molecule has 1 N–H and O–H groups in total. The number of hydrogen-bond donors (Lipinski definition) is 1. The Labute approximate surface area is 145 Å². The lowest BCUT2D eigenvalue weighted by Gasteiger charge is -2.34. The van der Waals surface area contributed by atoms with Gasteiger partial charge in [0.1, 0.15) is 23.5 Å². The van der Waals surface area contributed by atoms with E-state index in [1.807, 2.05) is 13.8 Å². The number of rotatable bonds is 1. The van der Waals surface area contributed by atoms with Crippen LogP contribution in [0, 0.1) is 11.3 Å². The maximum absolute atomic E-state index is 12.8. The van der Waals surface area contributed by atoms with Crippen molar-refractivity contribution in [1.29, 1.82) is 5.26 Å². The molecule has 130 valence electrons. The molecule has 1 aromatic rings. The van der Waals surface area contributed by atoms with Crippen LogP contribution in [0.5, 0.6) is 5.75 Å². The maximum Gasteiger partial charge on any atom is 0.332 e. The van der Waals surface area contributed by atoms with E-state index in [1.165, 1.54) is 4.90 Å². The van der Waals surface area contributed by atoms with Crippen LogP contribution in [-0.2, 0) is 11.2 Å². The number of fused-ring (bicyclic) bond motifs is 2. The van der Waals surface area contributed by atoms with E-state index in [4.69, 9.17) is 4.74 Å². The molecule has 1 aromatic carbocycles. The van der Waals surface area contributed by atoms with Gasteiger partial charge in [-0.3, -0.25) is 4.79 Å². The first-order valence-corrected chi connectivity index (χ1v) is 8.42. The fourth-order valence-electron chi connectivity index (χ4n) is 3.89. The molecule has 3 aliphatic heterocycles. The molecule has 2 fully saturated rings. The number of carbonyl (C=O) groups is 2. The van der Waals surface area contributed by atoms with Crippen LogP contribution in [0.3, 0.4) is 0 Å². The zero-order chi connectivity index (χ0) is 17.9. The van der Waals surface area contributed by atoms with E-state index in [0.717, 1.165) is 4.90 Å². The van der Waals surface area contributed by atoms with Crippen molar-refractivity contribution in [2.24, 2.45) is 0 Å². The van der Waals surface area contributed by atoms with Crippen LogP contribution in [0.15, 0.2) is 12.1 Å². The predicted octanol–water partition coefficient (Wildman–Crippen LogP) is 1.56. The summed E-state index contributed by atoms with van der Waals surface area (Å²) >= 11 is 0. The molecule has 3 amide bonds. The Morgan fingerprint density at radius 2 is 2.12 bits per heavy atom. The summed E-state index contributed by atoms with van der Waals surface area (Å²) in [6, 6.07) is 4.10. The molecule has 0 bridgehead atoms. The molecule has 0 aliphatic carbocycles. The quantitative estimate of drug-likeness (QED) is 0.783. The summed E-state index contributed by atoms with van der Waals surface area (Å²) in [4.78, 5) is 28.1. The second kappa shape index (κ2) is 5.20. The van der Waals surface area contributed by atoms with Crippen molar-refractivity contribution >= 4 is 17.6 Å². The summed E-state index contributed by atoms with van der Waals surface area (Å²) in [5, 5.41) is 19.4. The van der Waals surface area contributed by atoms with E-state index in [1.54, 1.807) is 12.1 Å². The maximum atomic E-state index is 12.8. The largest absolute Gasteiger partial charge is 0.486 e. The number of urea groups is 1. The summed E-state index contributed by atoms with van der Waals surface area (Å²) < 4.78 is 5.99. The van der Waals surface area contributed by atoms with Gasteiger partial charge in [0.05, 0.1) is 17.4 Å². The Morgan fingerprint density at radius 1 is 1.36 bits per heavy atom. The summed E-state index contributed by atoms with van der Waals surface area (Å²) in [5.74, 6) is 0.0381. The first kappa shape index (κ1) is 15.9. The van der Waals surface area contributed by atoms with Gasteiger partial charge in [0.2, 0.25) is 0 Å². The van der Waals surface area contributed by atoms with Crippen LogP contribution >= 0.6 is 0 Å². The molecule has 3 heterocycles. The highest BCUT2D eigenvalue weighted by Gasteiger charge is 2.53. The molecule has 0 spiro atoms. The third kappa shape index (κ3) is 2.21. The van der Waals surface area contributed by atoms with Gasteiger partial charge >= 0.3 is 6.03 Å². The molecular formula is C18H19N3O4. The molecule has 0 saturated carbocycles. The Hall–Kier alpha value is -2.59. The van der Waals surface area contributed by atoms with Gasteiger partial charge in [-0.05, 0) is 45.2 Å². The molecule has 2 unspecified atom stereocenters. The van der Waals surface area contributed by atoms with Gasteiger partial charge < -0.3 is 14.7 Å². The Balaban J connectivity index is 1.81. The lowest BCUT2D eigenvalue weighted by Crippen LogP contribution is -2.38. The molecule has 7 heteroatoms. The number of anilines is 1. The third-order valence-electron chi connectivity index (χ3n) is 5.23. The summed E-state index contributed by atoms with van der Waals surface area (Å²) in [7, 11) is 0. The first-order chi connectivity index (χ1) is 11.8. The molecule has 0 radical (unpaired) electrons. The Morgan fingerprint density at radius 3 is 2.80 bits per heavy atom. The first-order valence-electron chi connectivity index (χ1n) is 8.42. The molecule has 25 heavy (non-hydrogen) atoms. The Bertz CT molecular complexity index is 826. The fraction of sp³-hybridized carbons (Fsp3) is 0.500. The number of nitriles is 1. The molecule has 3 aliphatic rings. The summed E-state index contributed by atoms with van der Waals surface area (Å²) in [5.41, 5.74) is 1.15. The summed E-state index contributed by atoms with van der Waals surface area (Å²) in [6.07, 6.45) is 0.912. The monoisotopic (exact) mass is 341 g/mol. The van der Waals surface area contributed by atoms with E-state index in [-0.39, 0.29) is 0 Å². The number of nitrogens with zero attached hydrogens (tertiary/aromatic N) is 3. The predicted molar refractivity (Wildman–Crippen MR) is 88.2 cm³/mol. The fourth-order valence-corrected chi connectivity index (χ4v) is 3.89. The van der Waals surface area contributed by atoms with Crippen LogP contribution in [0.1, 0.15) is 37.8 Å². The van der Waals surface area contributed by atoms with Crippen LogP contribution in [0.25, 0.3) is 0 Å². The number of ether oxygens (including phenoxy) is 1. The number of amides is 3.